The van der Waals surface area contributed by atoms with Gasteiger partial charge >= 0.3 is 12.0 Å². The van der Waals surface area contributed by atoms with Crippen LogP contribution in [0, 0.1) is 0 Å². The third kappa shape index (κ3) is 5.20. The largest absolute Gasteiger partial charge is 0.497 e. The van der Waals surface area contributed by atoms with Crippen LogP contribution >= 0.6 is 0 Å². The van der Waals surface area contributed by atoms with Crippen molar-refractivity contribution in [3.05, 3.63) is 66.7 Å². The Labute approximate surface area is 191 Å². The molecule has 0 spiro atoms. The normalized spacial score (nSPS) is 15.4. The molecule has 9 heteroatoms. The number of nitrogens with one attached hydrogen (secondary N) is 1. The number of esters is 1. The summed E-state index contributed by atoms with van der Waals surface area (Å²) >= 11 is 0. The number of benzene rings is 2. The lowest BCUT2D eigenvalue weighted by Crippen LogP contribution is -2.38. The highest BCUT2D eigenvalue weighted by atomic mass is 16.5. The molecule has 0 aromatic heterocycles. The molecule has 1 aliphatic rings. The van der Waals surface area contributed by atoms with Crippen molar-refractivity contribution < 1.29 is 28.7 Å². The number of anilines is 2. The molecule has 0 aliphatic carbocycles. The van der Waals surface area contributed by atoms with Crippen LogP contribution in [0.2, 0.25) is 0 Å². The molecule has 1 saturated heterocycles. The monoisotopic (exact) mass is 451 g/mol. The number of nitrogens with zero attached hydrogens (tertiary/aromatic N) is 2. The fourth-order valence-corrected chi connectivity index (χ4v) is 3.49. The van der Waals surface area contributed by atoms with Crippen molar-refractivity contribution in [2.45, 2.75) is 19.4 Å². The van der Waals surface area contributed by atoms with Crippen molar-refractivity contribution in [1.29, 1.82) is 0 Å². The summed E-state index contributed by atoms with van der Waals surface area (Å²) in [7, 11) is 1.49. The van der Waals surface area contributed by atoms with Gasteiger partial charge in [0.25, 0.3) is 5.91 Å². The van der Waals surface area contributed by atoms with Crippen LogP contribution in [0.5, 0.6) is 5.75 Å². The van der Waals surface area contributed by atoms with Gasteiger partial charge in [-0.1, -0.05) is 18.2 Å². The number of amides is 4. The number of hydrogen-bond acceptors (Lipinski definition) is 6. The summed E-state index contributed by atoms with van der Waals surface area (Å²) in [4.78, 5) is 53.1. The smallest absolute Gasteiger partial charge is 0.338 e. The first-order valence-corrected chi connectivity index (χ1v) is 10.4. The summed E-state index contributed by atoms with van der Waals surface area (Å²) in [6, 6.07) is 11.3. The Kier molecular flexibility index (Phi) is 7.45. The topological polar surface area (TPSA) is 105 Å². The minimum Gasteiger partial charge on any atom is -0.497 e. The van der Waals surface area contributed by atoms with Crippen molar-refractivity contribution in [1.82, 2.24) is 4.90 Å². The van der Waals surface area contributed by atoms with E-state index in [1.807, 2.05) is 0 Å². The Morgan fingerprint density at radius 3 is 2.61 bits per heavy atom. The van der Waals surface area contributed by atoms with Crippen molar-refractivity contribution in [2.75, 3.05) is 30.5 Å². The van der Waals surface area contributed by atoms with Gasteiger partial charge in [-0.25, -0.2) is 14.5 Å². The number of carbonyl (C=O) groups excluding carboxylic acids is 4. The average Bonchev–Trinajstić information content (AvgIpc) is 3.03. The van der Waals surface area contributed by atoms with E-state index in [9.17, 15) is 19.2 Å². The Balaban J connectivity index is 1.78. The molecule has 1 atom stereocenters. The maximum Gasteiger partial charge on any atom is 0.338 e. The highest BCUT2D eigenvalue weighted by Crippen LogP contribution is 2.29. The molecular weight excluding hydrogens is 426 g/mol. The summed E-state index contributed by atoms with van der Waals surface area (Å²) in [5, 5.41) is 2.68. The quantitative estimate of drug-likeness (QED) is 0.357. The zero-order valence-corrected chi connectivity index (χ0v) is 18.4. The van der Waals surface area contributed by atoms with Crippen LogP contribution in [0.3, 0.4) is 0 Å². The van der Waals surface area contributed by atoms with Crippen LogP contribution in [0.4, 0.5) is 16.2 Å². The first-order valence-electron chi connectivity index (χ1n) is 10.4. The second-order valence-electron chi connectivity index (χ2n) is 7.17. The van der Waals surface area contributed by atoms with Gasteiger partial charge in [0.1, 0.15) is 11.8 Å². The summed E-state index contributed by atoms with van der Waals surface area (Å²) < 4.78 is 10.2. The maximum absolute atomic E-state index is 13.2. The maximum atomic E-state index is 13.2. The highest BCUT2D eigenvalue weighted by molar-refractivity contribution is 6.22. The molecule has 0 saturated carbocycles. The number of methoxy groups -OCH3 is 1. The van der Waals surface area contributed by atoms with E-state index in [2.05, 4.69) is 11.9 Å². The molecule has 1 N–H and O–H groups in total. The van der Waals surface area contributed by atoms with Gasteiger partial charge in [-0.2, -0.15) is 0 Å². The molecule has 0 radical (unpaired) electrons. The lowest BCUT2D eigenvalue weighted by molar-refractivity contribution is -0.124. The summed E-state index contributed by atoms with van der Waals surface area (Å²) in [5.41, 5.74) is 1.02. The van der Waals surface area contributed by atoms with E-state index in [1.54, 1.807) is 49.4 Å². The molecule has 0 unspecified atom stereocenters. The summed E-state index contributed by atoms with van der Waals surface area (Å²) in [5.74, 6) is -1.02. The molecule has 1 heterocycles. The van der Waals surface area contributed by atoms with Crippen molar-refractivity contribution in [2.24, 2.45) is 0 Å². The number of imide groups is 1. The van der Waals surface area contributed by atoms with Gasteiger partial charge in [0, 0.05) is 18.3 Å². The van der Waals surface area contributed by atoms with Gasteiger partial charge in [-0.05, 0) is 37.3 Å². The predicted octanol–water partition coefficient (Wildman–Crippen LogP) is 3.22. The van der Waals surface area contributed by atoms with Gasteiger partial charge in [0.15, 0.2) is 0 Å². The lowest BCUT2D eigenvalue weighted by atomic mass is 10.1. The van der Waals surface area contributed by atoms with E-state index >= 15 is 0 Å². The van der Waals surface area contributed by atoms with Gasteiger partial charge in [0.05, 0.1) is 31.4 Å². The Bertz CT molecular complexity index is 1080. The number of urea groups is 1. The van der Waals surface area contributed by atoms with Crippen LogP contribution in [0.15, 0.2) is 61.2 Å². The molecule has 3 rings (SSSR count). The highest BCUT2D eigenvalue weighted by Gasteiger charge is 2.46. The molecule has 2 aromatic rings. The summed E-state index contributed by atoms with van der Waals surface area (Å²) in [6.45, 7) is 5.68. The first-order chi connectivity index (χ1) is 15.9. The number of carbonyl (C=O) groups is 4. The molecule has 4 amide bonds. The van der Waals surface area contributed by atoms with Crippen LogP contribution in [0.25, 0.3) is 0 Å². The van der Waals surface area contributed by atoms with E-state index in [-0.39, 0.29) is 19.6 Å². The molecule has 33 heavy (non-hydrogen) atoms. The van der Waals surface area contributed by atoms with E-state index in [4.69, 9.17) is 9.47 Å². The van der Waals surface area contributed by atoms with Gasteiger partial charge in [-0.15, -0.1) is 6.58 Å². The molecule has 9 nitrogen and oxygen atoms in total. The fourth-order valence-electron chi connectivity index (χ4n) is 3.49. The molecule has 172 valence electrons. The van der Waals surface area contributed by atoms with E-state index < -0.39 is 29.9 Å². The van der Waals surface area contributed by atoms with Crippen molar-refractivity contribution in [3.63, 3.8) is 0 Å². The van der Waals surface area contributed by atoms with Crippen LogP contribution in [-0.2, 0) is 14.3 Å². The Morgan fingerprint density at radius 2 is 1.91 bits per heavy atom. The van der Waals surface area contributed by atoms with Gasteiger partial charge < -0.3 is 19.7 Å². The first kappa shape index (κ1) is 23.5. The van der Waals surface area contributed by atoms with E-state index in [0.717, 1.165) is 4.90 Å². The molecule has 1 fully saturated rings. The predicted molar refractivity (Wildman–Crippen MR) is 122 cm³/mol. The third-order valence-corrected chi connectivity index (χ3v) is 4.99. The van der Waals surface area contributed by atoms with Crippen molar-refractivity contribution in [3.8, 4) is 5.75 Å². The third-order valence-electron chi connectivity index (χ3n) is 4.99. The molecule has 1 aliphatic heterocycles. The zero-order chi connectivity index (χ0) is 24.0. The summed E-state index contributed by atoms with van der Waals surface area (Å²) in [6.07, 6.45) is 1.23. The second-order valence-corrected chi connectivity index (χ2v) is 7.17. The Hall–Kier alpha value is -4.14. The van der Waals surface area contributed by atoms with E-state index in [1.165, 1.54) is 24.2 Å². The second kappa shape index (κ2) is 10.4. The van der Waals surface area contributed by atoms with E-state index in [0.29, 0.717) is 22.7 Å². The number of ether oxygens (including phenoxy) is 2. The SMILES string of the molecule is C=CCN1C(=O)N(c2cccc(OC)c2)C(=O)[C@@H]1CC(=O)Nc1cccc(C(=O)OCC)c1. The Morgan fingerprint density at radius 1 is 1.15 bits per heavy atom. The van der Waals surface area contributed by atoms with Crippen LogP contribution in [0.1, 0.15) is 23.7 Å². The fraction of sp³-hybridized carbons (Fsp3) is 0.250. The van der Waals surface area contributed by atoms with Crippen LogP contribution < -0.4 is 15.0 Å². The zero-order valence-electron chi connectivity index (χ0n) is 18.4. The van der Waals surface area contributed by atoms with Gasteiger partial charge in [0.2, 0.25) is 5.91 Å². The van der Waals surface area contributed by atoms with Crippen LogP contribution in [-0.4, -0.2) is 55.0 Å². The van der Waals surface area contributed by atoms with Crippen molar-refractivity contribution >= 4 is 35.2 Å². The standard InChI is InChI=1S/C24H25N3O6/c1-4-12-26-20(22(29)27(24(26)31)18-10-7-11-19(14-18)32-3)15-21(28)25-17-9-6-8-16(13-17)23(30)33-5-2/h4,6-11,13-14,20H,1,5,12,15H2,2-3H3,(H,25,28)/t20-/m0/s1. The number of hydrogen-bond donors (Lipinski definition) is 1. The minimum absolute atomic E-state index is 0.0985. The molecular formula is C24H25N3O6. The number of rotatable bonds is 9. The molecule has 2 aromatic carbocycles. The molecule has 0 bridgehead atoms. The van der Waals surface area contributed by atoms with Gasteiger partial charge in [-0.3, -0.25) is 9.59 Å². The average molecular weight is 451 g/mol. The minimum atomic E-state index is -1.00. The lowest BCUT2D eigenvalue weighted by Gasteiger charge is -2.19.